The van der Waals surface area contributed by atoms with Gasteiger partial charge in [0, 0.05) is 36.6 Å². The lowest BCUT2D eigenvalue weighted by molar-refractivity contribution is 0.581. The molecule has 2 aromatic heterocycles. The van der Waals surface area contributed by atoms with E-state index in [0.29, 0.717) is 17.5 Å². The van der Waals surface area contributed by atoms with Gasteiger partial charge >= 0.3 is 0 Å². The first-order chi connectivity index (χ1) is 11.3. The SMILES string of the molecule is CC1=NN(c2ccc(-c3nnc(-c4cnccn4)o3)cc2)CC1. The van der Waals surface area contributed by atoms with Crippen LogP contribution in [0.15, 0.2) is 52.4 Å². The molecule has 0 radical (unpaired) electrons. The molecule has 0 fully saturated rings. The van der Waals surface area contributed by atoms with Crippen molar-refractivity contribution in [3.8, 4) is 23.0 Å². The van der Waals surface area contributed by atoms with Gasteiger partial charge < -0.3 is 4.42 Å². The highest BCUT2D eigenvalue weighted by Crippen LogP contribution is 2.26. The van der Waals surface area contributed by atoms with Crippen LogP contribution in [0.4, 0.5) is 5.69 Å². The number of hydrogen-bond donors (Lipinski definition) is 0. The molecule has 0 aliphatic carbocycles. The van der Waals surface area contributed by atoms with Gasteiger partial charge in [0.1, 0.15) is 5.69 Å². The molecule has 0 atom stereocenters. The van der Waals surface area contributed by atoms with Gasteiger partial charge in [0.25, 0.3) is 5.89 Å². The molecular weight excluding hydrogens is 292 g/mol. The van der Waals surface area contributed by atoms with Gasteiger partial charge in [0.2, 0.25) is 5.89 Å². The van der Waals surface area contributed by atoms with E-state index < -0.39 is 0 Å². The lowest BCUT2D eigenvalue weighted by Crippen LogP contribution is -2.11. The van der Waals surface area contributed by atoms with E-state index in [1.165, 1.54) is 0 Å². The lowest BCUT2D eigenvalue weighted by Gasteiger charge is -2.13. The van der Waals surface area contributed by atoms with Crippen LogP contribution in [-0.2, 0) is 0 Å². The van der Waals surface area contributed by atoms with E-state index in [1.807, 2.05) is 36.2 Å². The Morgan fingerprint density at radius 3 is 2.57 bits per heavy atom. The standard InChI is InChI=1S/C16H14N6O/c1-11-6-9-22(21-11)13-4-2-12(3-5-13)15-19-20-16(23-15)14-10-17-7-8-18-14/h2-5,7-8,10H,6,9H2,1H3. The fourth-order valence-electron chi connectivity index (χ4n) is 2.39. The Bertz CT molecular complexity index is 841. The third-order valence-electron chi connectivity index (χ3n) is 3.60. The second kappa shape index (κ2) is 5.60. The van der Waals surface area contributed by atoms with Crippen LogP contribution in [0, 0.1) is 0 Å². The largest absolute Gasteiger partial charge is 0.415 e. The molecular formula is C16H14N6O. The van der Waals surface area contributed by atoms with Crippen LogP contribution in [0.5, 0.6) is 0 Å². The normalized spacial score (nSPS) is 14.1. The zero-order valence-electron chi connectivity index (χ0n) is 12.5. The first kappa shape index (κ1) is 13.6. The molecule has 23 heavy (non-hydrogen) atoms. The van der Waals surface area contributed by atoms with Gasteiger partial charge in [-0.15, -0.1) is 10.2 Å². The van der Waals surface area contributed by atoms with Gasteiger partial charge in [-0.3, -0.25) is 9.99 Å². The van der Waals surface area contributed by atoms with Crippen molar-refractivity contribution < 1.29 is 4.42 Å². The molecule has 114 valence electrons. The molecule has 0 amide bonds. The Hall–Kier alpha value is -3.09. The molecule has 3 heterocycles. The predicted octanol–water partition coefficient (Wildman–Crippen LogP) is 2.78. The number of nitrogens with zero attached hydrogens (tertiary/aromatic N) is 6. The summed E-state index contributed by atoms with van der Waals surface area (Å²) in [4.78, 5) is 8.15. The zero-order valence-corrected chi connectivity index (χ0v) is 12.5. The molecule has 1 aromatic carbocycles. The Morgan fingerprint density at radius 1 is 1.04 bits per heavy atom. The first-order valence-electron chi connectivity index (χ1n) is 7.31. The van der Waals surface area contributed by atoms with Crippen LogP contribution in [0.3, 0.4) is 0 Å². The average molecular weight is 306 g/mol. The van der Waals surface area contributed by atoms with E-state index in [-0.39, 0.29) is 0 Å². The van der Waals surface area contributed by atoms with Crippen LogP contribution in [0.1, 0.15) is 13.3 Å². The number of hydrazone groups is 1. The van der Waals surface area contributed by atoms with Crippen molar-refractivity contribution >= 4 is 11.4 Å². The Labute approximate surface area is 132 Å². The predicted molar refractivity (Wildman–Crippen MR) is 85.8 cm³/mol. The van der Waals surface area contributed by atoms with Gasteiger partial charge in [-0.1, -0.05) is 0 Å². The molecule has 1 aliphatic rings. The molecule has 0 spiro atoms. The Kier molecular flexibility index (Phi) is 3.30. The molecule has 7 nitrogen and oxygen atoms in total. The summed E-state index contributed by atoms with van der Waals surface area (Å²) in [7, 11) is 0. The van der Waals surface area contributed by atoms with Crippen molar-refractivity contribution in [1.29, 1.82) is 0 Å². The van der Waals surface area contributed by atoms with Crippen LogP contribution in [0.2, 0.25) is 0 Å². The van der Waals surface area contributed by atoms with Crippen LogP contribution in [0.25, 0.3) is 23.0 Å². The lowest BCUT2D eigenvalue weighted by atomic mass is 10.2. The monoisotopic (exact) mass is 306 g/mol. The molecule has 3 aromatic rings. The minimum absolute atomic E-state index is 0.358. The van der Waals surface area contributed by atoms with Crippen molar-refractivity contribution in [3.63, 3.8) is 0 Å². The zero-order chi connectivity index (χ0) is 15.6. The van der Waals surface area contributed by atoms with Crippen molar-refractivity contribution in [1.82, 2.24) is 20.2 Å². The maximum absolute atomic E-state index is 5.67. The molecule has 0 bridgehead atoms. The van der Waals surface area contributed by atoms with Gasteiger partial charge in [0.15, 0.2) is 0 Å². The molecule has 7 heteroatoms. The highest BCUT2D eigenvalue weighted by Gasteiger charge is 2.14. The summed E-state index contributed by atoms with van der Waals surface area (Å²) in [6.07, 6.45) is 5.79. The van der Waals surface area contributed by atoms with Crippen molar-refractivity contribution in [2.75, 3.05) is 11.6 Å². The molecule has 0 saturated carbocycles. The second-order valence-electron chi connectivity index (χ2n) is 5.26. The maximum atomic E-state index is 5.67. The summed E-state index contributed by atoms with van der Waals surface area (Å²) in [5.41, 5.74) is 3.62. The minimum atomic E-state index is 0.358. The smallest absolute Gasteiger partial charge is 0.268 e. The Balaban J connectivity index is 1.58. The van der Waals surface area contributed by atoms with Crippen LogP contribution < -0.4 is 5.01 Å². The minimum Gasteiger partial charge on any atom is -0.415 e. The quantitative estimate of drug-likeness (QED) is 0.740. The summed E-state index contributed by atoms with van der Waals surface area (Å²) in [5.74, 6) is 0.815. The molecule has 0 N–H and O–H groups in total. The van der Waals surface area contributed by atoms with E-state index in [4.69, 9.17) is 4.42 Å². The van der Waals surface area contributed by atoms with Crippen molar-refractivity contribution in [3.05, 3.63) is 42.9 Å². The number of aromatic nitrogens is 4. The molecule has 4 rings (SSSR count). The van der Waals surface area contributed by atoms with Gasteiger partial charge in [-0.2, -0.15) is 5.10 Å². The van der Waals surface area contributed by atoms with E-state index >= 15 is 0 Å². The highest BCUT2D eigenvalue weighted by molar-refractivity contribution is 5.85. The topological polar surface area (TPSA) is 80.3 Å². The summed E-state index contributed by atoms with van der Waals surface area (Å²) < 4.78 is 5.67. The summed E-state index contributed by atoms with van der Waals surface area (Å²) in [6.45, 7) is 2.96. The van der Waals surface area contributed by atoms with E-state index in [0.717, 1.165) is 29.9 Å². The fourth-order valence-corrected chi connectivity index (χ4v) is 2.39. The van der Waals surface area contributed by atoms with E-state index in [1.54, 1.807) is 18.6 Å². The number of anilines is 1. The Morgan fingerprint density at radius 2 is 1.87 bits per heavy atom. The summed E-state index contributed by atoms with van der Waals surface area (Å²) in [5, 5.41) is 14.6. The van der Waals surface area contributed by atoms with E-state index in [2.05, 4.69) is 25.3 Å². The molecule has 0 saturated heterocycles. The number of rotatable bonds is 3. The highest BCUT2D eigenvalue weighted by atomic mass is 16.4. The third kappa shape index (κ3) is 2.68. The van der Waals surface area contributed by atoms with E-state index in [9.17, 15) is 0 Å². The summed E-state index contributed by atoms with van der Waals surface area (Å²) in [6, 6.07) is 7.91. The third-order valence-corrected chi connectivity index (χ3v) is 3.60. The average Bonchev–Trinajstić information content (AvgIpc) is 3.25. The van der Waals surface area contributed by atoms with Gasteiger partial charge in [-0.05, 0) is 31.2 Å². The van der Waals surface area contributed by atoms with Crippen LogP contribution in [-0.4, -0.2) is 32.4 Å². The van der Waals surface area contributed by atoms with Crippen LogP contribution >= 0.6 is 0 Å². The number of benzene rings is 1. The maximum Gasteiger partial charge on any atom is 0.268 e. The second-order valence-corrected chi connectivity index (χ2v) is 5.26. The fraction of sp³-hybridized carbons (Fsp3) is 0.188. The molecule has 1 aliphatic heterocycles. The molecule has 0 unspecified atom stereocenters. The summed E-state index contributed by atoms with van der Waals surface area (Å²) >= 11 is 0. The van der Waals surface area contributed by atoms with Gasteiger partial charge in [0.05, 0.1) is 11.9 Å². The van der Waals surface area contributed by atoms with Crippen molar-refractivity contribution in [2.24, 2.45) is 5.10 Å². The van der Waals surface area contributed by atoms with Gasteiger partial charge in [-0.25, -0.2) is 4.98 Å². The first-order valence-corrected chi connectivity index (χ1v) is 7.31. The van der Waals surface area contributed by atoms with Crippen molar-refractivity contribution in [2.45, 2.75) is 13.3 Å². The number of hydrogen-bond acceptors (Lipinski definition) is 7.